The van der Waals surface area contributed by atoms with Gasteiger partial charge in [0.1, 0.15) is 0 Å². The van der Waals surface area contributed by atoms with Gasteiger partial charge in [-0.05, 0) is 81.0 Å². The van der Waals surface area contributed by atoms with E-state index in [1.807, 2.05) is 19.9 Å². The normalized spacial score (nSPS) is 16.9. The van der Waals surface area contributed by atoms with Crippen LogP contribution in [0.3, 0.4) is 0 Å². The molecule has 0 radical (unpaired) electrons. The van der Waals surface area contributed by atoms with E-state index in [9.17, 15) is 29.4 Å². The van der Waals surface area contributed by atoms with Crippen molar-refractivity contribution in [2.45, 2.75) is 53.4 Å². The number of aromatic amines is 2. The molecular formula is C33H34N4O6. The van der Waals surface area contributed by atoms with Crippen molar-refractivity contribution in [3.05, 3.63) is 97.6 Å². The Hall–Kier alpha value is -5.25. The van der Waals surface area contributed by atoms with Gasteiger partial charge in [0, 0.05) is 57.2 Å². The third kappa shape index (κ3) is 6.18. The quantitative estimate of drug-likeness (QED) is 0.273. The smallest absolute Gasteiger partial charge is 0.303 e. The van der Waals surface area contributed by atoms with Gasteiger partial charge >= 0.3 is 11.9 Å². The Morgan fingerprint density at radius 3 is 2.00 bits per heavy atom. The maximum atomic E-state index is 12.3. The molecule has 0 bridgehead atoms. The van der Waals surface area contributed by atoms with Crippen LogP contribution in [0.1, 0.15) is 60.3 Å². The number of aliphatic carboxylic acids is 2. The summed E-state index contributed by atoms with van der Waals surface area (Å²) in [4.78, 5) is 58.4. The highest BCUT2D eigenvalue weighted by Gasteiger charge is 2.23. The number of nitrogens with one attached hydrogen (secondary N) is 3. The number of hydrogen-bond donors (Lipinski definition) is 5. The van der Waals surface area contributed by atoms with Crippen molar-refractivity contribution in [3.63, 3.8) is 0 Å². The molecule has 2 aliphatic heterocycles. The number of hydrogen-bond acceptors (Lipinski definition) is 4. The Bertz CT molecular complexity index is 1860. The molecule has 2 aromatic heterocycles. The molecule has 0 fully saturated rings. The second kappa shape index (κ2) is 12.3. The van der Waals surface area contributed by atoms with Crippen molar-refractivity contribution in [2.24, 2.45) is 4.99 Å². The van der Waals surface area contributed by atoms with Gasteiger partial charge in [-0.15, -0.1) is 0 Å². The minimum Gasteiger partial charge on any atom is -0.481 e. The van der Waals surface area contributed by atoms with E-state index in [0.717, 1.165) is 22.3 Å². The number of allylic oxidation sites excluding steroid dienone is 3. The Labute approximate surface area is 248 Å². The predicted octanol–water partition coefficient (Wildman–Crippen LogP) is 3.06. The van der Waals surface area contributed by atoms with Crippen LogP contribution in [-0.2, 0) is 32.0 Å². The molecule has 2 aromatic rings. The van der Waals surface area contributed by atoms with Crippen LogP contribution in [0.25, 0.3) is 18.2 Å². The zero-order valence-corrected chi connectivity index (χ0v) is 24.6. The van der Waals surface area contributed by atoms with Crippen molar-refractivity contribution < 1.29 is 29.4 Å². The topological polar surface area (TPSA) is 165 Å². The number of aliphatic imine (C=N–C) groups is 1. The van der Waals surface area contributed by atoms with Crippen LogP contribution >= 0.6 is 0 Å². The summed E-state index contributed by atoms with van der Waals surface area (Å²) in [7, 11) is 0. The van der Waals surface area contributed by atoms with Gasteiger partial charge in [0.25, 0.3) is 11.8 Å². The van der Waals surface area contributed by atoms with Gasteiger partial charge in [-0.3, -0.25) is 19.2 Å². The number of carbonyl (C=O) groups is 4. The van der Waals surface area contributed by atoms with Gasteiger partial charge in [-0.1, -0.05) is 25.3 Å². The minimum atomic E-state index is -0.942. The molecule has 4 rings (SSSR count). The molecule has 2 aliphatic rings. The first kappa shape index (κ1) is 30.7. The summed E-state index contributed by atoms with van der Waals surface area (Å²) in [6, 6.07) is 0. The highest BCUT2D eigenvalue weighted by molar-refractivity contribution is 6.32. The first-order valence-electron chi connectivity index (χ1n) is 13.8. The number of carbonyl (C=O) groups excluding carboxylic acids is 2. The lowest BCUT2D eigenvalue weighted by Crippen LogP contribution is -2.15. The number of rotatable bonds is 11. The number of aromatic nitrogens is 2. The molecule has 0 aliphatic carbocycles. The van der Waals surface area contributed by atoms with Crippen LogP contribution in [0.4, 0.5) is 0 Å². The van der Waals surface area contributed by atoms with Crippen molar-refractivity contribution >= 4 is 47.7 Å². The van der Waals surface area contributed by atoms with E-state index >= 15 is 0 Å². The van der Waals surface area contributed by atoms with Gasteiger partial charge in [0.2, 0.25) is 0 Å². The molecule has 5 N–H and O–H groups in total. The van der Waals surface area contributed by atoms with E-state index in [1.54, 1.807) is 38.2 Å². The molecule has 0 unspecified atom stereocenters. The van der Waals surface area contributed by atoms with Crippen molar-refractivity contribution in [2.75, 3.05) is 0 Å². The summed E-state index contributed by atoms with van der Waals surface area (Å²) in [5, 5.41) is 23.0. The molecule has 10 heteroatoms. The molecule has 2 amide bonds. The van der Waals surface area contributed by atoms with E-state index < -0.39 is 11.9 Å². The molecule has 0 saturated carbocycles. The molecule has 4 heterocycles. The third-order valence-electron chi connectivity index (χ3n) is 7.85. The summed E-state index contributed by atoms with van der Waals surface area (Å²) < 4.78 is 0. The molecule has 0 saturated heterocycles. The fourth-order valence-corrected chi connectivity index (χ4v) is 5.34. The highest BCUT2D eigenvalue weighted by Crippen LogP contribution is 2.27. The third-order valence-corrected chi connectivity index (χ3v) is 7.85. The lowest BCUT2D eigenvalue weighted by atomic mass is 10.0. The lowest BCUT2D eigenvalue weighted by Gasteiger charge is -2.02. The van der Waals surface area contributed by atoms with Crippen LogP contribution in [-0.4, -0.2) is 49.6 Å². The minimum absolute atomic E-state index is 0.0955. The van der Waals surface area contributed by atoms with Crippen LogP contribution in [0, 0.1) is 13.8 Å². The van der Waals surface area contributed by atoms with Gasteiger partial charge in [-0.2, -0.15) is 0 Å². The van der Waals surface area contributed by atoms with Gasteiger partial charge in [0.15, 0.2) is 0 Å². The van der Waals surface area contributed by atoms with Crippen molar-refractivity contribution in [1.29, 1.82) is 0 Å². The zero-order valence-electron chi connectivity index (χ0n) is 24.6. The van der Waals surface area contributed by atoms with Crippen LogP contribution in [0.5, 0.6) is 0 Å². The number of amides is 2. The van der Waals surface area contributed by atoms with Crippen molar-refractivity contribution in [3.8, 4) is 0 Å². The van der Waals surface area contributed by atoms with Crippen LogP contribution < -0.4 is 16.0 Å². The summed E-state index contributed by atoms with van der Waals surface area (Å²) in [5.74, 6) is -2.43. The van der Waals surface area contributed by atoms with E-state index in [2.05, 4.69) is 33.4 Å². The average molecular weight is 583 g/mol. The molecule has 10 nitrogen and oxygen atoms in total. The number of carboxylic acid groups (broad SMARTS) is 2. The summed E-state index contributed by atoms with van der Waals surface area (Å²) >= 11 is 0. The SMILES string of the molecule is C=CC1=C(C)C(=O)N=C1C=c1[nH]/c(=C\c2[nH]c(/C=C3\NC(=O)C(C)=C3C=C)c(C)c2CCC(=O)O)c(CCC(=O)O)c1C. The zero-order chi connectivity index (χ0) is 31.6. The number of nitrogens with zero attached hydrogens (tertiary/aromatic N) is 1. The number of carboxylic acids is 2. The maximum Gasteiger partial charge on any atom is 0.303 e. The second-order valence-corrected chi connectivity index (χ2v) is 10.5. The molecule has 0 spiro atoms. The fraction of sp³-hybridized carbons (Fsp3) is 0.242. The molecule has 0 atom stereocenters. The summed E-state index contributed by atoms with van der Waals surface area (Å²) in [6.45, 7) is 14.8. The van der Waals surface area contributed by atoms with E-state index in [4.69, 9.17) is 0 Å². The van der Waals surface area contributed by atoms with E-state index in [1.165, 1.54) is 0 Å². The predicted molar refractivity (Wildman–Crippen MR) is 165 cm³/mol. The maximum absolute atomic E-state index is 12.3. The van der Waals surface area contributed by atoms with Gasteiger partial charge in [-0.25, -0.2) is 4.99 Å². The van der Waals surface area contributed by atoms with Crippen molar-refractivity contribution in [1.82, 2.24) is 15.3 Å². The first-order chi connectivity index (χ1) is 20.4. The fourth-order valence-electron chi connectivity index (χ4n) is 5.34. The Morgan fingerprint density at radius 2 is 1.40 bits per heavy atom. The lowest BCUT2D eigenvalue weighted by molar-refractivity contribution is -0.138. The first-order valence-corrected chi connectivity index (χ1v) is 13.8. The standard InChI is InChI=1S/C33H34N4O6/c1-7-20-18(5)32(42)36-26(20)13-24-16(3)22(9-11-30(38)39)28(34-24)15-29-23(10-12-31(40)41)17(4)25(35-29)14-27-21(8-2)19(6)33(43)37-27/h7-8,13-15,34-35H,1-2,9-12H2,3-6H3,(H,36,42)(H,38,39)(H,40,41)/b25-14?,26-13-,29-15-. The average Bonchev–Trinajstić information content (AvgIpc) is 3.59. The van der Waals surface area contributed by atoms with E-state index in [-0.39, 0.29) is 37.5 Å². The van der Waals surface area contributed by atoms with Crippen LogP contribution in [0.2, 0.25) is 0 Å². The Morgan fingerprint density at radius 1 is 0.767 bits per heavy atom. The largest absolute Gasteiger partial charge is 0.481 e. The van der Waals surface area contributed by atoms with Gasteiger partial charge < -0.3 is 25.5 Å². The molecule has 222 valence electrons. The van der Waals surface area contributed by atoms with Gasteiger partial charge in [0.05, 0.1) is 11.4 Å². The molecular weight excluding hydrogens is 548 g/mol. The summed E-state index contributed by atoms with van der Waals surface area (Å²) in [5.41, 5.74) is 7.92. The Balaban J connectivity index is 1.93. The highest BCUT2D eigenvalue weighted by atomic mass is 16.4. The molecule has 0 aromatic carbocycles. The monoisotopic (exact) mass is 582 g/mol. The molecule has 43 heavy (non-hydrogen) atoms. The van der Waals surface area contributed by atoms with Crippen LogP contribution in [0.15, 0.2) is 58.3 Å². The summed E-state index contributed by atoms with van der Waals surface area (Å²) in [6.07, 6.45) is 8.88. The van der Waals surface area contributed by atoms with E-state index in [0.29, 0.717) is 55.8 Å². The second-order valence-electron chi connectivity index (χ2n) is 10.5. The number of H-pyrrole nitrogens is 2. The Kier molecular flexibility index (Phi) is 8.80.